The summed E-state index contributed by atoms with van der Waals surface area (Å²) in [6.45, 7) is 2.57. The third kappa shape index (κ3) is 5.38. The number of ether oxygens (including phenoxy) is 1. The van der Waals surface area contributed by atoms with E-state index in [0.29, 0.717) is 12.0 Å². The number of aromatic nitrogens is 2. The topological polar surface area (TPSA) is 56.5 Å². The summed E-state index contributed by atoms with van der Waals surface area (Å²) in [5.41, 5.74) is 3.82. The van der Waals surface area contributed by atoms with Crippen LogP contribution < -0.4 is 10.3 Å². The van der Waals surface area contributed by atoms with Crippen LogP contribution >= 0.6 is 15.9 Å². The number of hydrogen-bond donors (Lipinski definition) is 0. The Labute approximate surface area is 213 Å². The first-order valence-corrected chi connectivity index (χ1v) is 12.9. The lowest BCUT2D eigenvalue weighted by atomic mass is 9.88. The van der Waals surface area contributed by atoms with Crippen molar-refractivity contribution in [1.82, 2.24) is 9.66 Å². The highest BCUT2D eigenvalue weighted by molar-refractivity contribution is 9.10. The van der Waals surface area contributed by atoms with E-state index in [1.807, 2.05) is 48.5 Å². The molecule has 0 radical (unpaired) electrons. The van der Waals surface area contributed by atoms with Gasteiger partial charge in [0.2, 0.25) is 0 Å². The van der Waals surface area contributed by atoms with Gasteiger partial charge in [-0.2, -0.15) is 9.78 Å². The summed E-state index contributed by atoms with van der Waals surface area (Å²) >= 11 is 3.62. The maximum Gasteiger partial charge on any atom is 0.282 e. The average molecular weight is 530 g/mol. The molecule has 1 saturated carbocycles. The first-order chi connectivity index (χ1) is 17.1. The Balaban J connectivity index is 1.42. The van der Waals surface area contributed by atoms with Crippen LogP contribution in [0.2, 0.25) is 0 Å². The van der Waals surface area contributed by atoms with Crippen molar-refractivity contribution in [3.05, 3.63) is 104 Å². The van der Waals surface area contributed by atoms with E-state index in [-0.39, 0.29) is 11.5 Å². The quantitative estimate of drug-likeness (QED) is 0.253. The second-order valence-corrected chi connectivity index (χ2v) is 10.0. The van der Waals surface area contributed by atoms with Crippen molar-refractivity contribution in [1.29, 1.82) is 0 Å². The third-order valence-corrected chi connectivity index (χ3v) is 7.12. The van der Waals surface area contributed by atoms with Crippen LogP contribution in [0.5, 0.6) is 5.75 Å². The summed E-state index contributed by atoms with van der Waals surface area (Å²) in [7, 11) is 0. The van der Waals surface area contributed by atoms with Gasteiger partial charge in [-0.1, -0.05) is 61.2 Å². The number of para-hydroxylation sites is 1. The van der Waals surface area contributed by atoms with Crippen molar-refractivity contribution in [3.63, 3.8) is 0 Å². The Kier molecular flexibility index (Phi) is 7.09. The van der Waals surface area contributed by atoms with Crippen molar-refractivity contribution in [2.75, 3.05) is 0 Å². The molecule has 5 rings (SSSR count). The molecule has 0 aliphatic heterocycles. The highest BCUT2D eigenvalue weighted by Crippen LogP contribution is 2.32. The van der Waals surface area contributed by atoms with Crippen LogP contribution in [0.1, 0.15) is 60.5 Å². The van der Waals surface area contributed by atoms with Crippen LogP contribution in [-0.4, -0.2) is 15.9 Å². The zero-order chi connectivity index (χ0) is 24.2. The summed E-state index contributed by atoms with van der Waals surface area (Å²) < 4.78 is 8.35. The van der Waals surface area contributed by atoms with Crippen LogP contribution in [0.15, 0.2) is 81.1 Å². The van der Waals surface area contributed by atoms with Crippen molar-refractivity contribution in [2.24, 2.45) is 5.10 Å². The van der Waals surface area contributed by atoms with Crippen molar-refractivity contribution in [2.45, 2.75) is 51.6 Å². The molecule has 1 aliphatic carbocycles. The highest BCUT2D eigenvalue weighted by atomic mass is 79.9. The molecule has 5 nitrogen and oxygen atoms in total. The van der Waals surface area contributed by atoms with E-state index in [4.69, 9.17) is 9.72 Å². The SMILES string of the molecule is Cc1cccc(COc2ccc(C=Nn3c(C4CCCCC4)nc4ccccc4c3=O)cc2Br)c1. The van der Waals surface area contributed by atoms with Gasteiger partial charge >= 0.3 is 0 Å². The number of hydrogen-bond acceptors (Lipinski definition) is 4. The van der Waals surface area contributed by atoms with E-state index in [9.17, 15) is 4.79 Å². The van der Waals surface area contributed by atoms with E-state index < -0.39 is 0 Å². The molecule has 35 heavy (non-hydrogen) atoms. The zero-order valence-corrected chi connectivity index (χ0v) is 21.4. The van der Waals surface area contributed by atoms with Gasteiger partial charge in [0.1, 0.15) is 18.2 Å². The minimum absolute atomic E-state index is 0.121. The van der Waals surface area contributed by atoms with E-state index >= 15 is 0 Å². The Morgan fingerprint density at radius 3 is 2.69 bits per heavy atom. The standard InChI is InChI=1S/C29H28BrN3O2/c1-20-8-7-9-22(16-20)19-35-27-15-14-21(17-25(27)30)18-31-33-28(23-10-3-2-4-11-23)32-26-13-6-5-12-24(26)29(33)34/h5-9,12-18,23H,2-4,10-11,19H2,1H3. The number of halogens is 1. The van der Waals surface area contributed by atoms with Crippen LogP contribution in [0.3, 0.4) is 0 Å². The molecule has 0 amide bonds. The molecule has 1 aromatic heterocycles. The smallest absolute Gasteiger partial charge is 0.282 e. The predicted molar refractivity (Wildman–Crippen MR) is 144 cm³/mol. The number of benzene rings is 3. The molecule has 1 heterocycles. The molecule has 0 bridgehead atoms. The van der Waals surface area contributed by atoms with Crippen molar-refractivity contribution >= 4 is 33.0 Å². The van der Waals surface area contributed by atoms with Gasteiger partial charge in [0.05, 0.1) is 21.6 Å². The molecule has 0 N–H and O–H groups in total. The lowest BCUT2D eigenvalue weighted by Gasteiger charge is -2.22. The van der Waals surface area contributed by atoms with Gasteiger partial charge < -0.3 is 4.74 Å². The Morgan fingerprint density at radius 1 is 1.06 bits per heavy atom. The highest BCUT2D eigenvalue weighted by Gasteiger charge is 2.22. The van der Waals surface area contributed by atoms with Crippen LogP contribution in [-0.2, 0) is 6.61 Å². The van der Waals surface area contributed by atoms with Gasteiger partial charge in [-0.3, -0.25) is 4.79 Å². The lowest BCUT2D eigenvalue weighted by Crippen LogP contribution is -2.25. The number of nitrogens with zero attached hydrogens (tertiary/aromatic N) is 3. The van der Waals surface area contributed by atoms with Gasteiger partial charge in [-0.05, 0) is 77.2 Å². The van der Waals surface area contributed by atoms with Gasteiger partial charge in [-0.15, -0.1) is 0 Å². The predicted octanol–water partition coefficient (Wildman–Crippen LogP) is 6.98. The Bertz CT molecular complexity index is 1440. The largest absolute Gasteiger partial charge is 0.488 e. The van der Waals surface area contributed by atoms with Crippen LogP contribution in [0.25, 0.3) is 10.9 Å². The maximum atomic E-state index is 13.4. The number of rotatable bonds is 6. The van der Waals surface area contributed by atoms with E-state index in [0.717, 1.165) is 58.4 Å². The average Bonchev–Trinajstić information content (AvgIpc) is 2.88. The first kappa shape index (κ1) is 23.5. The number of aryl methyl sites for hydroxylation is 1. The molecule has 6 heteroatoms. The first-order valence-electron chi connectivity index (χ1n) is 12.1. The molecule has 178 valence electrons. The fraction of sp³-hybridized carbons (Fsp3) is 0.276. The van der Waals surface area contributed by atoms with Gasteiger partial charge in [0, 0.05) is 5.92 Å². The molecule has 0 atom stereocenters. The molecule has 1 fully saturated rings. The molecular formula is C29H28BrN3O2. The summed E-state index contributed by atoms with van der Waals surface area (Å²) in [5.74, 6) is 1.78. The summed E-state index contributed by atoms with van der Waals surface area (Å²) in [6.07, 6.45) is 7.36. The molecule has 0 spiro atoms. The molecular weight excluding hydrogens is 502 g/mol. The fourth-order valence-electron chi connectivity index (χ4n) is 4.68. The molecule has 0 saturated heterocycles. The monoisotopic (exact) mass is 529 g/mol. The molecule has 1 aliphatic rings. The lowest BCUT2D eigenvalue weighted by molar-refractivity contribution is 0.304. The summed E-state index contributed by atoms with van der Waals surface area (Å²) in [5, 5.41) is 5.22. The second-order valence-electron chi connectivity index (χ2n) is 9.15. The van der Waals surface area contributed by atoms with E-state index in [1.54, 1.807) is 6.21 Å². The molecule has 3 aromatic carbocycles. The number of fused-ring (bicyclic) bond motifs is 1. The maximum absolute atomic E-state index is 13.4. The van der Waals surface area contributed by atoms with Crippen LogP contribution in [0, 0.1) is 6.92 Å². The van der Waals surface area contributed by atoms with Gasteiger partial charge in [0.15, 0.2) is 0 Å². The van der Waals surface area contributed by atoms with Crippen LogP contribution in [0.4, 0.5) is 0 Å². The third-order valence-electron chi connectivity index (χ3n) is 6.50. The fourth-order valence-corrected chi connectivity index (χ4v) is 5.19. The summed E-state index contributed by atoms with van der Waals surface area (Å²) in [6, 6.07) is 21.6. The van der Waals surface area contributed by atoms with Gasteiger partial charge in [-0.25, -0.2) is 4.98 Å². The minimum Gasteiger partial charge on any atom is -0.488 e. The molecule has 4 aromatic rings. The van der Waals surface area contributed by atoms with E-state index in [1.165, 1.54) is 16.7 Å². The van der Waals surface area contributed by atoms with E-state index in [2.05, 4.69) is 46.2 Å². The van der Waals surface area contributed by atoms with Crippen molar-refractivity contribution < 1.29 is 4.74 Å². The Morgan fingerprint density at radius 2 is 1.89 bits per heavy atom. The summed E-state index contributed by atoms with van der Waals surface area (Å²) in [4.78, 5) is 18.2. The van der Waals surface area contributed by atoms with Crippen molar-refractivity contribution in [3.8, 4) is 5.75 Å². The molecule has 0 unspecified atom stereocenters. The Hall–Kier alpha value is -3.25. The van der Waals surface area contributed by atoms with Gasteiger partial charge in [0.25, 0.3) is 5.56 Å². The normalized spacial score (nSPS) is 14.6. The minimum atomic E-state index is -0.121. The zero-order valence-electron chi connectivity index (χ0n) is 19.8. The second kappa shape index (κ2) is 10.6.